The van der Waals surface area contributed by atoms with Crippen molar-refractivity contribution in [1.29, 1.82) is 0 Å². The van der Waals surface area contributed by atoms with E-state index in [9.17, 15) is 9.59 Å². The van der Waals surface area contributed by atoms with E-state index in [0.717, 1.165) is 11.3 Å². The third-order valence-corrected chi connectivity index (χ3v) is 4.49. The molecule has 0 saturated heterocycles. The van der Waals surface area contributed by atoms with E-state index in [-0.39, 0.29) is 17.2 Å². The average molecular weight is 352 g/mol. The first-order chi connectivity index (χ1) is 10.9. The van der Waals surface area contributed by atoms with E-state index >= 15 is 0 Å². The second kappa shape index (κ2) is 7.66. The number of rotatable bonds is 5. The van der Waals surface area contributed by atoms with Gasteiger partial charge in [0.1, 0.15) is 0 Å². The third-order valence-electron chi connectivity index (χ3n) is 3.38. The Morgan fingerprint density at radius 2 is 2.13 bits per heavy atom. The van der Waals surface area contributed by atoms with E-state index in [2.05, 4.69) is 15.3 Å². The summed E-state index contributed by atoms with van der Waals surface area (Å²) in [5, 5.41) is 3.83. The first-order valence-corrected chi connectivity index (χ1v) is 8.55. The molecule has 0 radical (unpaired) electrons. The number of amides is 1. The highest BCUT2D eigenvalue weighted by Crippen LogP contribution is 2.21. The van der Waals surface area contributed by atoms with E-state index in [1.54, 1.807) is 19.1 Å². The zero-order valence-electron chi connectivity index (χ0n) is 13.2. The van der Waals surface area contributed by atoms with Crippen molar-refractivity contribution in [2.75, 3.05) is 11.1 Å². The van der Waals surface area contributed by atoms with Gasteiger partial charge in [0.05, 0.1) is 11.4 Å². The van der Waals surface area contributed by atoms with Gasteiger partial charge in [-0.2, -0.15) is 0 Å². The number of hydrogen-bond donors (Lipinski definition) is 2. The minimum absolute atomic E-state index is 0.154. The molecule has 0 bridgehead atoms. The molecule has 5 nitrogen and oxygen atoms in total. The van der Waals surface area contributed by atoms with Crippen LogP contribution in [0.2, 0.25) is 5.02 Å². The van der Waals surface area contributed by atoms with Crippen molar-refractivity contribution in [2.24, 2.45) is 0 Å². The molecule has 2 N–H and O–H groups in total. The standard InChI is InChI=1S/C16H18ClN3O2S/c1-4-12-10(3)15(22)20-16(19-12)23-8-14(21)18-13-7-11(17)6-5-9(13)2/h5-7H,4,8H2,1-3H3,(H,18,21)(H,19,20,22). The lowest BCUT2D eigenvalue weighted by molar-refractivity contribution is -0.113. The number of anilines is 1. The number of aromatic nitrogens is 2. The molecular formula is C16H18ClN3O2S. The molecule has 122 valence electrons. The van der Waals surface area contributed by atoms with Gasteiger partial charge in [-0.1, -0.05) is 36.4 Å². The molecule has 0 aliphatic rings. The molecule has 1 aromatic carbocycles. The van der Waals surface area contributed by atoms with Gasteiger partial charge in [0.25, 0.3) is 5.56 Å². The molecule has 0 spiro atoms. The number of nitrogens with zero attached hydrogens (tertiary/aromatic N) is 1. The molecule has 1 aromatic heterocycles. The van der Waals surface area contributed by atoms with Crippen LogP contribution in [0, 0.1) is 13.8 Å². The lowest BCUT2D eigenvalue weighted by atomic mass is 10.2. The minimum atomic E-state index is -0.179. The van der Waals surface area contributed by atoms with Crippen molar-refractivity contribution < 1.29 is 4.79 Å². The lowest BCUT2D eigenvalue weighted by Gasteiger charge is -2.09. The molecule has 0 unspecified atom stereocenters. The van der Waals surface area contributed by atoms with Crippen LogP contribution in [0.1, 0.15) is 23.7 Å². The zero-order valence-corrected chi connectivity index (χ0v) is 14.8. The SMILES string of the molecule is CCc1nc(SCC(=O)Nc2cc(Cl)ccc2C)[nH]c(=O)c1C. The maximum absolute atomic E-state index is 12.1. The Morgan fingerprint density at radius 1 is 1.39 bits per heavy atom. The van der Waals surface area contributed by atoms with Crippen LogP contribution < -0.4 is 10.9 Å². The summed E-state index contributed by atoms with van der Waals surface area (Å²) >= 11 is 7.13. The normalized spacial score (nSPS) is 10.6. The summed E-state index contributed by atoms with van der Waals surface area (Å²) < 4.78 is 0. The highest BCUT2D eigenvalue weighted by molar-refractivity contribution is 7.99. The van der Waals surface area contributed by atoms with Crippen molar-refractivity contribution >= 4 is 35.0 Å². The van der Waals surface area contributed by atoms with Gasteiger partial charge in [0.2, 0.25) is 5.91 Å². The molecule has 2 rings (SSSR count). The second-order valence-electron chi connectivity index (χ2n) is 5.09. The maximum atomic E-state index is 12.1. The van der Waals surface area contributed by atoms with Crippen LogP contribution in [0.3, 0.4) is 0 Å². The van der Waals surface area contributed by atoms with E-state index in [0.29, 0.717) is 27.9 Å². The fourth-order valence-corrected chi connectivity index (χ4v) is 2.87. The first kappa shape index (κ1) is 17.6. The van der Waals surface area contributed by atoms with Gasteiger partial charge in [-0.3, -0.25) is 9.59 Å². The summed E-state index contributed by atoms with van der Waals surface area (Å²) in [6.45, 7) is 5.58. The van der Waals surface area contributed by atoms with Crippen LogP contribution in [-0.2, 0) is 11.2 Å². The second-order valence-corrected chi connectivity index (χ2v) is 6.49. The summed E-state index contributed by atoms with van der Waals surface area (Å²) in [5.41, 5.74) is 2.83. The van der Waals surface area contributed by atoms with E-state index in [1.807, 2.05) is 19.9 Å². The van der Waals surface area contributed by atoms with Gasteiger partial charge in [-0.25, -0.2) is 4.98 Å². The van der Waals surface area contributed by atoms with E-state index in [4.69, 9.17) is 11.6 Å². The van der Waals surface area contributed by atoms with Gasteiger partial charge in [-0.15, -0.1) is 0 Å². The molecule has 0 aliphatic carbocycles. The van der Waals surface area contributed by atoms with Gasteiger partial charge in [0, 0.05) is 16.3 Å². The highest BCUT2D eigenvalue weighted by Gasteiger charge is 2.10. The molecule has 0 fully saturated rings. The molecule has 1 heterocycles. The van der Waals surface area contributed by atoms with Crippen LogP contribution in [0.4, 0.5) is 5.69 Å². The maximum Gasteiger partial charge on any atom is 0.254 e. The van der Waals surface area contributed by atoms with Crippen molar-refractivity contribution in [3.63, 3.8) is 0 Å². The lowest BCUT2D eigenvalue weighted by Crippen LogP contribution is -2.18. The largest absolute Gasteiger partial charge is 0.325 e. The molecule has 23 heavy (non-hydrogen) atoms. The molecule has 1 amide bonds. The molecule has 7 heteroatoms. The van der Waals surface area contributed by atoms with Gasteiger partial charge >= 0.3 is 0 Å². The first-order valence-electron chi connectivity index (χ1n) is 7.19. The van der Waals surface area contributed by atoms with Gasteiger partial charge < -0.3 is 10.3 Å². The number of halogens is 1. The number of carbonyl (C=O) groups is 1. The summed E-state index contributed by atoms with van der Waals surface area (Å²) in [4.78, 5) is 30.9. The van der Waals surface area contributed by atoms with Gasteiger partial charge in [0.15, 0.2) is 5.16 Å². The predicted octanol–water partition coefficient (Wildman–Crippen LogP) is 3.33. The number of carbonyl (C=O) groups excluding carboxylic acids is 1. The topological polar surface area (TPSA) is 74.8 Å². The van der Waals surface area contributed by atoms with Crippen LogP contribution in [0.5, 0.6) is 0 Å². The minimum Gasteiger partial charge on any atom is -0.325 e. The predicted molar refractivity (Wildman–Crippen MR) is 94.5 cm³/mol. The number of hydrogen-bond acceptors (Lipinski definition) is 4. The summed E-state index contributed by atoms with van der Waals surface area (Å²) in [7, 11) is 0. The molecule has 2 aromatic rings. The van der Waals surface area contributed by atoms with Crippen molar-refractivity contribution in [3.05, 3.63) is 50.4 Å². The number of benzene rings is 1. The van der Waals surface area contributed by atoms with Gasteiger partial charge in [-0.05, 0) is 38.0 Å². The quantitative estimate of drug-likeness (QED) is 0.640. The number of nitrogens with one attached hydrogen (secondary N) is 2. The molecular weight excluding hydrogens is 334 g/mol. The van der Waals surface area contributed by atoms with Crippen LogP contribution in [0.15, 0.2) is 28.2 Å². The summed E-state index contributed by atoms with van der Waals surface area (Å²) in [6.07, 6.45) is 0.678. The Bertz CT molecular complexity index is 789. The Balaban J connectivity index is 2.03. The van der Waals surface area contributed by atoms with Crippen molar-refractivity contribution in [3.8, 4) is 0 Å². The number of thioether (sulfide) groups is 1. The number of H-pyrrole nitrogens is 1. The van der Waals surface area contributed by atoms with Crippen molar-refractivity contribution in [1.82, 2.24) is 9.97 Å². The van der Waals surface area contributed by atoms with Crippen molar-refractivity contribution in [2.45, 2.75) is 32.3 Å². The fraction of sp³-hybridized carbons (Fsp3) is 0.312. The van der Waals surface area contributed by atoms with E-state index < -0.39 is 0 Å². The van der Waals surface area contributed by atoms with Crippen LogP contribution in [0.25, 0.3) is 0 Å². The Kier molecular flexibility index (Phi) is 5.85. The smallest absolute Gasteiger partial charge is 0.254 e. The Labute approximate surface area is 143 Å². The van der Waals surface area contributed by atoms with Crippen LogP contribution >= 0.6 is 23.4 Å². The fourth-order valence-electron chi connectivity index (χ4n) is 2.02. The molecule has 0 aliphatic heterocycles. The third kappa shape index (κ3) is 4.59. The van der Waals surface area contributed by atoms with Crippen LogP contribution in [-0.4, -0.2) is 21.6 Å². The summed E-state index contributed by atoms with van der Waals surface area (Å²) in [5.74, 6) is -0.0252. The molecule has 0 saturated carbocycles. The summed E-state index contributed by atoms with van der Waals surface area (Å²) in [6, 6.07) is 5.33. The average Bonchev–Trinajstić information content (AvgIpc) is 2.52. The Hall–Kier alpha value is -1.79. The number of aromatic amines is 1. The molecule has 0 atom stereocenters. The number of aryl methyl sites for hydroxylation is 2. The zero-order chi connectivity index (χ0) is 17.0. The Morgan fingerprint density at radius 3 is 2.83 bits per heavy atom. The highest BCUT2D eigenvalue weighted by atomic mass is 35.5. The monoisotopic (exact) mass is 351 g/mol. The van der Waals surface area contributed by atoms with E-state index in [1.165, 1.54) is 11.8 Å².